The normalized spacial score (nSPS) is 26.8. The number of esters is 3. The molecule has 1 amide bonds. The van der Waals surface area contributed by atoms with Crippen molar-refractivity contribution in [3.05, 3.63) is 0 Å². The van der Waals surface area contributed by atoms with E-state index in [2.05, 4.69) is 5.32 Å². The summed E-state index contributed by atoms with van der Waals surface area (Å²) in [4.78, 5) is 44.9. The van der Waals surface area contributed by atoms with Crippen LogP contribution in [0.1, 0.15) is 27.7 Å². The van der Waals surface area contributed by atoms with Gasteiger partial charge in [-0.15, -0.1) is 0 Å². The van der Waals surface area contributed by atoms with Crippen molar-refractivity contribution < 1.29 is 38.1 Å². The number of amides is 1. The van der Waals surface area contributed by atoms with Gasteiger partial charge in [-0.2, -0.15) is 0 Å². The van der Waals surface area contributed by atoms with Crippen molar-refractivity contribution in [2.24, 2.45) is 0 Å². The van der Waals surface area contributed by atoms with E-state index in [-0.39, 0.29) is 19.1 Å². The fourth-order valence-electron chi connectivity index (χ4n) is 2.26. The fraction of sp³-hybridized carbons (Fsp3) is 0.714. The fourth-order valence-corrected chi connectivity index (χ4v) is 2.26. The summed E-state index contributed by atoms with van der Waals surface area (Å²) < 4.78 is 20.8. The van der Waals surface area contributed by atoms with Gasteiger partial charge < -0.3 is 24.3 Å². The number of hydrogen-bond acceptors (Lipinski definition) is 8. The lowest BCUT2D eigenvalue weighted by molar-refractivity contribution is -0.207. The number of ether oxygens (including phenoxy) is 4. The summed E-state index contributed by atoms with van der Waals surface area (Å²) in [5, 5.41) is 2.59. The van der Waals surface area contributed by atoms with Crippen LogP contribution in [-0.2, 0) is 38.1 Å². The minimum atomic E-state index is -1.01. The number of hydrogen-bond donors (Lipinski definition) is 1. The molecule has 1 rings (SSSR count). The van der Waals surface area contributed by atoms with Crippen LogP contribution in [0.5, 0.6) is 0 Å². The summed E-state index contributed by atoms with van der Waals surface area (Å²) in [7, 11) is 0. The van der Waals surface area contributed by atoms with E-state index >= 15 is 0 Å². The average molecular weight is 331 g/mol. The van der Waals surface area contributed by atoms with Crippen LogP contribution in [0.3, 0.4) is 0 Å². The van der Waals surface area contributed by atoms with E-state index in [0.717, 1.165) is 0 Å². The smallest absolute Gasteiger partial charge is 0.303 e. The Bertz CT molecular complexity index is 477. The minimum absolute atomic E-state index is 0.0151. The molecule has 0 aliphatic carbocycles. The first-order valence-corrected chi connectivity index (χ1v) is 7.07. The van der Waals surface area contributed by atoms with Gasteiger partial charge >= 0.3 is 17.9 Å². The zero-order valence-corrected chi connectivity index (χ0v) is 13.5. The van der Waals surface area contributed by atoms with Crippen LogP contribution < -0.4 is 5.32 Å². The molecule has 1 fully saturated rings. The lowest BCUT2D eigenvalue weighted by Gasteiger charge is -2.41. The number of nitrogens with one attached hydrogen (secondary N) is 1. The summed E-state index contributed by atoms with van der Waals surface area (Å²) >= 11 is 0. The van der Waals surface area contributed by atoms with E-state index in [1.165, 1.54) is 27.7 Å². The lowest BCUT2D eigenvalue weighted by atomic mass is 9.97. The topological polar surface area (TPSA) is 117 Å². The number of carbonyl (C=O) groups excluding carboxylic acids is 4. The second-order valence-corrected chi connectivity index (χ2v) is 5.13. The van der Waals surface area contributed by atoms with Gasteiger partial charge in [-0.05, 0) is 0 Å². The SMILES string of the molecule is CC(=O)NC1CO[C@H](COC(C)=O)[C@H](OC(C)=O)[C@@H]1OC(C)=O. The summed E-state index contributed by atoms with van der Waals surface area (Å²) in [5.74, 6) is -2.10. The molecule has 1 unspecified atom stereocenters. The van der Waals surface area contributed by atoms with Gasteiger partial charge in [0.25, 0.3) is 0 Å². The third-order valence-corrected chi connectivity index (χ3v) is 3.02. The first-order chi connectivity index (χ1) is 10.7. The molecule has 0 saturated carbocycles. The second-order valence-electron chi connectivity index (χ2n) is 5.13. The summed E-state index contributed by atoms with van der Waals surface area (Å²) in [5.41, 5.74) is 0. The standard InChI is InChI=1S/C14H21NO8/c1-7(16)15-11-5-21-12(6-20-8(2)17)14(23-10(4)19)13(11)22-9(3)18/h11-14H,5-6H2,1-4H3,(H,15,16)/t11?,12-,13-,14+/m1/s1. The Morgan fingerprint density at radius 1 is 0.957 bits per heavy atom. The van der Waals surface area contributed by atoms with Crippen molar-refractivity contribution in [1.82, 2.24) is 5.32 Å². The predicted octanol–water partition coefficient (Wildman–Crippen LogP) is -0.684. The Hall–Kier alpha value is -2.16. The summed E-state index contributed by atoms with van der Waals surface area (Å²) in [6.07, 6.45) is -2.77. The molecule has 1 N–H and O–H groups in total. The van der Waals surface area contributed by atoms with Crippen molar-refractivity contribution in [1.29, 1.82) is 0 Å². The number of rotatable bonds is 5. The van der Waals surface area contributed by atoms with Crippen molar-refractivity contribution in [3.63, 3.8) is 0 Å². The molecule has 0 radical (unpaired) electrons. The van der Waals surface area contributed by atoms with E-state index in [4.69, 9.17) is 18.9 Å². The Labute approximate surface area is 133 Å². The van der Waals surface area contributed by atoms with Gasteiger partial charge in [0, 0.05) is 27.7 Å². The molecule has 0 aromatic heterocycles. The third kappa shape index (κ3) is 6.23. The lowest BCUT2D eigenvalue weighted by Crippen LogP contribution is -2.62. The van der Waals surface area contributed by atoms with Crippen molar-refractivity contribution >= 4 is 23.8 Å². The molecule has 1 aliphatic rings. The van der Waals surface area contributed by atoms with E-state index in [9.17, 15) is 19.2 Å². The van der Waals surface area contributed by atoms with Gasteiger partial charge in [0.05, 0.1) is 12.6 Å². The highest BCUT2D eigenvalue weighted by atomic mass is 16.6. The molecule has 0 spiro atoms. The van der Waals surface area contributed by atoms with Crippen molar-refractivity contribution in [2.45, 2.75) is 52.0 Å². The van der Waals surface area contributed by atoms with Gasteiger partial charge in [-0.3, -0.25) is 19.2 Å². The Morgan fingerprint density at radius 2 is 1.52 bits per heavy atom. The highest BCUT2D eigenvalue weighted by Gasteiger charge is 2.45. The van der Waals surface area contributed by atoms with Gasteiger partial charge in [-0.1, -0.05) is 0 Å². The molecule has 1 aliphatic heterocycles. The predicted molar refractivity (Wildman–Crippen MR) is 75.1 cm³/mol. The van der Waals surface area contributed by atoms with Crippen molar-refractivity contribution in [2.75, 3.05) is 13.2 Å². The van der Waals surface area contributed by atoms with Crippen LogP contribution in [0, 0.1) is 0 Å². The molecule has 130 valence electrons. The molecule has 23 heavy (non-hydrogen) atoms. The molecule has 0 aromatic carbocycles. The number of carbonyl (C=O) groups is 4. The zero-order chi connectivity index (χ0) is 17.6. The molecule has 4 atom stereocenters. The maximum absolute atomic E-state index is 11.3. The maximum Gasteiger partial charge on any atom is 0.303 e. The monoisotopic (exact) mass is 331 g/mol. The van der Waals surface area contributed by atoms with Crippen molar-refractivity contribution in [3.8, 4) is 0 Å². The summed E-state index contributed by atoms with van der Waals surface area (Å²) in [6.45, 7) is 4.77. The minimum Gasteiger partial charge on any atom is -0.463 e. The Kier molecular flexibility index (Phi) is 6.95. The molecule has 0 bridgehead atoms. The molecule has 1 heterocycles. The van der Waals surface area contributed by atoms with Gasteiger partial charge in [0.15, 0.2) is 12.2 Å². The molecular formula is C14H21NO8. The van der Waals surface area contributed by atoms with Crippen LogP contribution in [0.4, 0.5) is 0 Å². The van der Waals surface area contributed by atoms with Gasteiger partial charge in [-0.25, -0.2) is 0 Å². The highest BCUT2D eigenvalue weighted by molar-refractivity contribution is 5.73. The van der Waals surface area contributed by atoms with E-state index < -0.39 is 42.3 Å². The Morgan fingerprint density at radius 3 is 2.00 bits per heavy atom. The van der Waals surface area contributed by atoms with Gasteiger partial charge in [0.2, 0.25) is 5.91 Å². The summed E-state index contributed by atoms with van der Waals surface area (Å²) in [6, 6.07) is -0.686. The van der Waals surface area contributed by atoms with E-state index in [1.54, 1.807) is 0 Å². The van der Waals surface area contributed by atoms with Crippen LogP contribution >= 0.6 is 0 Å². The zero-order valence-electron chi connectivity index (χ0n) is 13.5. The van der Waals surface area contributed by atoms with Crippen LogP contribution in [-0.4, -0.2) is 61.4 Å². The van der Waals surface area contributed by atoms with E-state index in [1.807, 2.05) is 0 Å². The molecule has 1 saturated heterocycles. The quantitative estimate of drug-likeness (QED) is 0.520. The first-order valence-electron chi connectivity index (χ1n) is 7.07. The highest BCUT2D eigenvalue weighted by Crippen LogP contribution is 2.23. The third-order valence-electron chi connectivity index (χ3n) is 3.02. The molecule has 9 nitrogen and oxygen atoms in total. The van der Waals surface area contributed by atoms with Gasteiger partial charge in [0.1, 0.15) is 12.7 Å². The van der Waals surface area contributed by atoms with Crippen LogP contribution in [0.25, 0.3) is 0 Å². The maximum atomic E-state index is 11.3. The van der Waals surface area contributed by atoms with E-state index in [0.29, 0.717) is 0 Å². The molecule has 9 heteroatoms. The second kappa shape index (κ2) is 8.47. The average Bonchev–Trinajstić information content (AvgIpc) is 2.39. The van der Waals surface area contributed by atoms with Crippen LogP contribution in [0.2, 0.25) is 0 Å². The molecular weight excluding hydrogens is 310 g/mol. The molecule has 0 aromatic rings. The van der Waals surface area contributed by atoms with Crippen LogP contribution in [0.15, 0.2) is 0 Å². The first kappa shape index (κ1) is 18.9. The largest absolute Gasteiger partial charge is 0.463 e. The Balaban J connectivity index is 2.98.